The van der Waals surface area contributed by atoms with Crippen molar-refractivity contribution in [3.63, 3.8) is 0 Å². The van der Waals surface area contributed by atoms with Crippen molar-refractivity contribution in [2.75, 3.05) is 13.7 Å². The fraction of sp³-hybridized carbons (Fsp3) is 0.235. The van der Waals surface area contributed by atoms with E-state index in [1.165, 1.54) is 0 Å². The highest BCUT2D eigenvalue weighted by molar-refractivity contribution is 5.48. The number of pyridine rings is 1. The van der Waals surface area contributed by atoms with E-state index in [0.717, 1.165) is 5.56 Å². The van der Waals surface area contributed by atoms with Crippen LogP contribution in [0.25, 0.3) is 0 Å². The number of hydrogen-bond acceptors (Lipinski definition) is 3. The van der Waals surface area contributed by atoms with Crippen molar-refractivity contribution >= 4 is 0 Å². The summed E-state index contributed by atoms with van der Waals surface area (Å²) in [4.78, 5) is 12.0. The maximum absolute atomic E-state index is 12.0. The lowest BCUT2D eigenvalue weighted by Gasteiger charge is -2.09. The monoisotopic (exact) mass is 283 g/mol. The predicted molar refractivity (Wildman–Crippen MR) is 81.5 cm³/mol. The van der Waals surface area contributed by atoms with E-state index in [1.807, 2.05) is 24.3 Å². The molecule has 0 amide bonds. The van der Waals surface area contributed by atoms with E-state index < -0.39 is 0 Å². The molecule has 0 aliphatic rings. The van der Waals surface area contributed by atoms with Gasteiger partial charge in [-0.05, 0) is 30.7 Å². The number of benzene rings is 1. The highest BCUT2D eigenvalue weighted by Gasteiger charge is 2.04. The van der Waals surface area contributed by atoms with Gasteiger partial charge in [0, 0.05) is 11.8 Å². The number of aliphatic hydroxyl groups excluding tert-OH is 1. The molecule has 4 heteroatoms. The van der Waals surface area contributed by atoms with E-state index in [0.29, 0.717) is 23.4 Å². The molecule has 0 saturated heterocycles. The number of aryl methyl sites for hydroxylation is 1. The minimum absolute atomic E-state index is 0.00342. The summed E-state index contributed by atoms with van der Waals surface area (Å²) in [5.74, 6) is 6.11. The molecule has 1 heterocycles. The Morgan fingerprint density at radius 1 is 1.33 bits per heavy atom. The molecule has 0 aliphatic carbocycles. The molecule has 0 atom stereocenters. The number of ether oxygens (including phenoxy) is 1. The summed E-state index contributed by atoms with van der Waals surface area (Å²) in [7, 11) is 1.57. The summed E-state index contributed by atoms with van der Waals surface area (Å²) in [6.45, 7) is 2.06. The van der Waals surface area contributed by atoms with E-state index in [-0.39, 0.29) is 12.2 Å². The molecule has 21 heavy (non-hydrogen) atoms. The molecule has 0 bridgehead atoms. The van der Waals surface area contributed by atoms with Crippen LogP contribution in [-0.2, 0) is 6.54 Å². The first kappa shape index (κ1) is 14.9. The van der Waals surface area contributed by atoms with Gasteiger partial charge in [-0.1, -0.05) is 24.0 Å². The SMILES string of the molecule is COc1ccc(Cn2cccc(C)c2=O)cc1C#CCO. The highest BCUT2D eigenvalue weighted by Crippen LogP contribution is 2.19. The summed E-state index contributed by atoms with van der Waals surface area (Å²) in [5, 5.41) is 8.80. The van der Waals surface area contributed by atoms with Crippen molar-refractivity contribution in [2.24, 2.45) is 0 Å². The lowest BCUT2D eigenvalue weighted by atomic mass is 10.1. The zero-order chi connectivity index (χ0) is 15.2. The fourth-order valence-corrected chi connectivity index (χ4v) is 2.06. The van der Waals surface area contributed by atoms with Crippen LogP contribution in [0.4, 0.5) is 0 Å². The number of rotatable bonds is 3. The van der Waals surface area contributed by atoms with Gasteiger partial charge in [0.25, 0.3) is 5.56 Å². The first-order valence-electron chi connectivity index (χ1n) is 6.58. The highest BCUT2D eigenvalue weighted by atomic mass is 16.5. The molecule has 108 valence electrons. The first-order chi connectivity index (χ1) is 10.2. The van der Waals surface area contributed by atoms with E-state index in [9.17, 15) is 4.79 Å². The quantitative estimate of drug-likeness (QED) is 0.870. The predicted octanol–water partition coefficient (Wildman–Crippen LogP) is 1.56. The Labute approximate surface area is 123 Å². The molecule has 0 saturated carbocycles. The Morgan fingerprint density at radius 2 is 2.14 bits per heavy atom. The van der Waals surface area contributed by atoms with Crippen molar-refractivity contribution < 1.29 is 9.84 Å². The Morgan fingerprint density at radius 3 is 2.86 bits per heavy atom. The van der Waals surface area contributed by atoms with Crippen molar-refractivity contribution in [3.8, 4) is 17.6 Å². The number of aliphatic hydroxyl groups is 1. The Bertz CT molecular complexity index is 751. The second kappa shape index (κ2) is 6.78. The molecule has 1 N–H and O–H groups in total. The van der Waals surface area contributed by atoms with Gasteiger partial charge in [0.1, 0.15) is 12.4 Å². The summed E-state index contributed by atoms with van der Waals surface area (Å²) in [5.41, 5.74) is 2.36. The van der Waals surface area contributed by atoms with Crippen molar-refractivity contribution in [3.05, 3.63) is 63.6 Å². The van der Waals surface area contributed by atoms with E-state index in [4.69, 9.17) is 9.84 Å². The molecule has 1 aromatic heterocycles. The Balaban J connectivity index is 2.37. The molecule has 4 nitrogen and oxygen atoms in total. The average molecular weight is 283 g/mol. The number of hydrogen-bond donors (Lipinski definition) is 1. The Hall–Kier alpha value is -2.51. The van der Waals surface area contributed by atoms with Gasteiger partial charge in [-0.15, -0.1) is 0 Å². The molecule has 2 aromatic rings. The van der Waals surface area contributed by atoms with Gasteiger partial charge in [0.2, 0.25) is 0 Å². The molecule has 0 fully saturated rings. The van der Waals surface area contributed by atoms with Crippen molar-refractivity contribution in [2.45, 2.75) is 13.5 Å². The largest absolute Gasteiger partial charge is 0.495 e. The molecule has 0 aliphatic heterocycles. The topological polar surface area (TPSA) is 51.5 Å². The van der Waals surface area contributed by atoms with E-state index in [1.54, 1.807) is 30.9 Å². The molecule has 0 radical (unpaired) electrons. The molecule has 0 spiro atoms. The van der Waals surface area contributed by atoms with Crippen LogP contribution in [0.2, 0.25) is 0 Å². The minimum Gasteiger partial charge on any atom is -0.495 e. The van der Waals surface area contributed by atoms with Crippen LogP contribution < -0.4 is 10.3 Å². The molecule has 0 unspecified atom stereocenters. The molecule has 1 aromatic carbocycles. The van der Waals surface area contributed by atoms with Crippen LogP contribution in [0, 0.1) is 18.8 Å². The Kier molecular flexibility index (Phi) is 4.81. The van der Waals surface area contributed by atoms with Crippen LogP contribution >= 0.6 is 0 Å². The van der Waals surface area contributed by atoms with E-state index in [2.05, 4.69) is 11.8 Å². The standard InChI is InChI=1S/C17H17NO3/c1-13-5-3-9-18(17(13)20)12-14-7-8-16(21-2)15(11-14)6-4-10-19/h3,5,7-9,11,19H,10,12H2,1-2H3. The lowest BCUT2D eigenvalue weighted by molar-refractivity contribution is 0.350. The summed E-state index contributed by atoms with van der Waals surface area (Å²) < 4.78 is 6.89. The third-order valence-corrected chi connectivity index (χ3v) is 3.13. The van der Waals surface area contributed by atoms with E-state index >= 15 is 0 Å². The van der Waals surface area contributed by atoms with Gasteiger partial charge in [-0.3, -0.25) is 4.79 Å². The number of nitrogens with zero attached hydrogens (tertiary/aromatic N) is 1. The lowest BCUT2D eigenvalue weighted by Crippen LogP contribution is -2.21. The second-order valence-electron chi connectivity index (χ2n) is 4.62. The molecular weight excluding hydrogens is 266 g/mol. The summed E-state index contributed by atoms with van der Waals surface area (Å²) >= 11 is 0. The smallest absolute Gasteiger partial charge is 0.253 e. The van der Waals surface area contributed by atoms with Crippen LogP contribution in [0.15, 0.2) is 41.3 Å². The third kappa shape index (κ3) is 3.53. The van der Waals surface area contributed by atoms with Gasteiger partial charge in [-0.25, -0.2) is 0 Å². The normalized spacial score (nSPS) is 9.86. The van der Waals surface area contributed by atoms with Gasteiger partial charge in [-0.2, -0.15) is 0 Å². The molecular formula is C17H17NO3. The summed E-state index contributed by atoms with van der Waals surface area (Å²) in [6, 6.07) is 9.24. The summed E-state index contributed by atoms with van der Waals surface area (Å²) in [6.07, 6.45) is 1.76. The number of methoxy groups -OCH3 is 1. The number of aromatic nitrogens is 1. The van der Waals surface area contributed by atoms with Gasteiger partial charge >= 0.3 is 0 Å². The first-order valence-corrected chi connectivity index (χ1v) is 6.58. The maximum atomic E-state index is 12.0. The average Bonchev–Trinajstić information content (AvgIpc) is 2.50. The van der Waals surface area contributed by atoms with Gasteiger partial charge in [0.15, 0.2) is 0 Å². The van der Waals surface area contributed by atoms with Crippen LogP contribution in [0.3, 0.4) is 0 Å². The van der Waals surface area contributed by atoms with Crippen LogP contribution in [0.1, 0.15) is 16.7 Å². The zero-order valence-electron chi connectivity index (χ0n) is 12.1. The van der Waals surface area contributed by atoms with Crippen molar-refractivity contribution in [1.29, 1.82) is 0 Å². The molecule has 2 rings (SSSR count). The minimum atomic E-state index is -0.204. The zero-order valence-corrected chi connectivity index (χ0v) is 12.1. The van der Waals surface area contributed by atoms with Crippen LogP contribution in [0.5, 0.6) is 5.75 Å². The van der Waals surface area contributed by atoms with Crippen molar-refractivity contribution in [1.82, 2.24) is 4.57 Å². The van der Waals surface area contributed by atoms with Gasteiger partial charge in [0.05, 0.1) is 19.2 Å². The van der Waals surface area contributed by atoms with Crippen LogP contribution in [-0.4, -0.2) is 23.4 Å². The second-order valence-corrected chi connectivity index (χ2v) is 4.62. The van der Waals surface area contributed by atoms with Gasteiger partial charge < -0.3 is 14.4 Å². The maximum Gasteiger partial charge on any atom is 0.253 e. The fourth-order valence-electron chi connectivity index (χ4n) is 2.06. The third-order valence-electron chi connectivity index (χ3n) is 3.13.